The minimum absolute atomic E-state index is 0.0814. The van der Waals surface area contributed by atoms with Gasteiger partial charge < -0.3 is 11.1 Å². The summed E-state index contributed by atoms with van der Waals surface area (Å²) in [5.41, 5.74) is 10.1. The number of nitrogens with one attached hydrogen (secondary N) is 1. The van der Waals surface area contributed by atoms with Crippen molar-refractivity contribution in [3.8, 4) is 10.7 Å². The average molecular weight is 381 g/mol. The first-order valence-electron chi connectivity index (χ1n) is 9.01. The lowest BCUT2D eigenvalue weighted by Gasteiger charge is -2.14. The third-order valence-electron chi connectivity index (χ3n) is 4.33. The number of pyridine rings is 1. The molecule has 1 unspecified atom stereocenters. The largest absolute Gasteiger partial charge is 0.354 e. The molecule has 1 amide bonds. The third-order valence-corrected chi connectivity index (χ3v) is 5.24. The molecule has 2 heterocycles. The van der Waals surface area contributed by atoms with Crippen LogP contribution < -0.4 is 11.1 Å². The maximum Gasteiger partial charge on any atom is 0.226 e. The normalized spacial score (nSPS) is 12.1. The number of nitrogens with two attached hydrogens (primary N) is 1. The first kappa shape index (κ1) is 19.2. The summed E-state index contributed by atoms with van der Waals surface area (Å²) in [6, 6.07) is 13.7. The summed E-state index contributed by atoms with van der Waals surface area (Å²) in [6.45, 7) is 4.72. The van der Waals surface area contributed by atoms with E-state index in [0.29, 0.717) is 12.5 Å². The Morgan fingerprint density at radius 1 is 1.15 bits per heavy atom. The Labute approximate surface area is 163 Å². The number of rotatable bonds is 7. The molecule has 0 radical (unpaired) electrons. The highest BCUT2D eigenvalue weighted by molar-refractivity contribution is 7.13. The van der Waals surface area contributed by atoms with Gasteiger partial charge in [-0.1, -0.05) is 44.2 Å². The van der Waals surface area contributed by atoms with Gasteiger partial charge in [-0.15, -0.1) is 11.3 Å². The highest BCUT2D eigenvalue weighted by Gasteiger charge is 2.12. The number of nitrogens with zero attached hydrogens (tertiary/aromatic N) is 2. The summed E-state index contributed by atoms with van der Waals surface area (Å²) in [6.07, 6.45) is 1.97. The fraction of sp³-hybridized carbons (Fsp3) is 0.286. The van der Waals surface area contributed by atoms with E-state index >= 15 is 0 Å². The molecule has 140 valence electrons. The van der Waals surface area contributed by atoms with Gasteiger partial charge in [0.2, 0.25) is 5.91 Å². The van der Waals surface area contributed by atoms with Gasteiger partial charge in [0.05, 0.1) is 17.8 Å². The van der Waals surface area contributed by atoms with Gasteiger partial charge in [0.1, 0.15) is 5.01 Å². The van der Waals surface area contributed by atoms with Crippen molar-refractivity contribution >= 4 is 17.2 Å². The van der Waals surface area contributed by atoms with Crippen molar-refractivity contribution < 1.29 is 4.79 Å². The van der Waals surface area contributed by atoms with Crippen LogP contribution in [0.5, 0.6) is 0 Å². The molecule has 0 fully saturated rings. The predicted octanol–water partition coefficient (Wildman–Crippen LogP) is 3.69. The van der Waals surface area contributed by atoms with Gasteiger partial charge in [-0.05, 0) is 29.2 Å². The molecule has 27 heavy (non-hydrogen) atoms. The van der Waals surface area contributed by atoms with Gasteiger partial charge in [0.15, 0.2) is 0 Å². The topological polar surface area (TPSA) is 80.9 Å². The molecule has 5 nitrogen and oxygen atoms in total. The molecule has 1 aromatic carbocycles. The van der Waals surface area contributed by atoms with E-state index in [1.165, 1.54) is 16.9 Å². The van der Waals surface area contributed by atoms with Crippen LogP contribution in [0.2, 0.25) is 0 Å². The zero-order chi connectivity index (χ0) is 19.2. The molecule has 1 atom stereocenters. The van der Waals surface area contributed by atoms with E-state index in [9.17, 15) is 4.79 Å². The summed E-state index contributed by atoms with van der Waals surface area (Å²) < 4.78 is 0. The van der Waals surface area contributed by atoms with Crippen LogP contribution in [0.25, 0.3) is 10.7 Å². The fourth-order valence-electron chi connectivity index (χ4n) is 2.69. The zero-order valence-corrected chi connectivity index (χ0v) is 16.4. The Morgan fingerprint density at radius 3 is 2.56 bits per heavy atom. The lowest BCUT2D eigenvalue weighted by Crippen LogP contribution is -2.32. The molecule has 0 aliphatic heterocycles. The number of carbonyl (C=O) groups is 1. The van der Waals surface area contributed by atoms with E-state index in [2.05, 4.69) is 41.3 Å². The number of hydrogen-bond acceptors (Lipinski definition) is 5. The number of benzene rings is 1. The second kappa shape index (κ2) is 8.88. The van der Waals surface area contributed by atoms with Crippen molar-refractivity contribution in [1.29, 1.82) is 0 Å². The van der Waals surface area contributed by atoms with Crippen LogP contribution in [0.15, 0.2) is 54.0 Å². The fourth-order valence-corrected chi connectivity index (χ4v) is 3.49. The standard InChI is InChI=1S/C21H24N4OS/c1-14(2)15-6-8-16(9-7-15)18(22)12-24-20(26)11-17-13-27-21(25-17)19-5-3-4-10-23-19/h3-10,13-14,18H,11-12,22H2,1-2H3,(H,24,26). The minimum Gasteiger partial charge on any atom is -0.354 e. The molecule has 0 saturated heterocycles. The predicted molar refractivity (Wildman–Crippen MR) is 110 cm³/mol. The van der Waals surface area contributed by atoms with Gasteiger partial charge in [-0.25, -0.2) is 4.98 Å². The van der Waals surface area contributed by atoms with Crippen LogP contribution in [0, 0.1) is 0 Å². The number of aromatic nitrogens is 2. The van der Waals surface area contributed by atoms with E-state index in [4.69, 9.17) is 5.73 Å². The quantitative estimate of drug-likeness (QED) is 0.655. The second-order valence-electron chi connectivity index (χ2n) is 6.77. The first-order chi connectivity index (χ1) is 13.0. The van der Waals surface area contributed by atoms with Crippen molar-refractivity contribution in [3.63, 3.8) is 0 Å². The van der Waals surface area contributed by atoms with Crippen molar-refractivity contribution in [3.05, 3.63) is 70.9 Å². The van der Waals surface area contributed by atoms with Gasteiger partial charge in [0.25, 0.3) is 0 Å². The van der Waals surface area contributed by atoms with Crippen LogP contribution in [0.1, 0.15) is 42.6 Å². The van der Waals surface area contributed by atoms with Crippen molar-refractivity contribution in [2.45, 2.75) is 32.2 Å². The van der Waals surface area contributed by atoms with Crippen LogP contribution in [0.3, 0.4) is 0 Å². The second-order valence-corrected chi connectivity index (χ2v) is 7.63. The molecule has 3 aromatic rings. The summed E-state index contributed by atoms with van der Waals surface area (Å²) in [7, 11) is 0. The molecule has 0 saturated carbocycles. The molecule has 0 aliphatic carbocycles. The van der Waals surface area contributed by atoms with E-state index in [1.807, 2.05) is 35.7 Å². The van der Waals surface area contributed by atoms with Crippen LogP contribution in [-0.2, 0) is 11.2 Å². The van der Waals surface area contributed by atoms with Crippen molar-refractivity contribution in [2.75, 3.05) is 6.54 Å². The highest BCUT2D eigenvalue weighted by atomic mass is 32.1. The Bertz CT molecular complexity index is 875. The number of amides is 1. The number of carbonyl (C=O) groups excluding carboxylic acids is 1. The van der Waals surface area contributed by atoms with Crippen LogP contribution in [-0.4, -0.2) is 22.4 Å². The molecule has 3 N–H and O–H groups in total. The Kier molecular flexibility index (Phi) is 6.32. The van der Waals surface area contributed by atoms with E-state index in [1.54, 1.807) is 6.20 Å². The lowest BCUT2D eigenvalue weighted by molar-refractivity contribution is -0.120. The Hall–Kier alpha value is -2.57. The molecule has 0 spiro atoms. The first-order valence-corrected chi connectivity index (χ1v) is 9.89. The molecule has 6 heteroatoms. The minimum atomic E-state index is -0.227. The maximum absolute atomic E-state index is 12.2. The number of hydrogen-bond donors (Lipinski definition) is 2. The molecule has 3 rings (SSSR count). The van der Waals surface area contributed by atoms with Gasteiger partial charge in [-0.3, -0.25) is 9.78 Å². The van der Waals surface area contributed by atoms with Crippen molar-refractivity contribution in [2.24, 2.45) is 5.73 Å². The van der Waals surface area contributed by atoms with Gasteiger partial charge >= 0.3 is 0 Å². The third kappa shape index (κ3) is 5.21. The maximum atomic E-state index is 12.2. The van der Waals surface area contributed by atoms with E-state index < -0.39 is 0 Å². The van der Waals surface area contributed by atoms with E-state index in [-0.39, 0.29) is 18.4 Å². The number of thiazole rings is 1. The summed E-state index contributed by atoms with van der Waals surface area (Å²) in [4.78, 5) is 21.0. The van der Waals surface area contributed by atoms with Crippen LogP contribution >= 0.6 is 11.3 Å². The summed E-state index contributed by atoms with van der Waals surface area (Å²) in [5, 5.41) is 5.62. The molecular formula is C21H24N4OS. The van der Waals surface area contributed by atoms with Crippen molar-refractivity contribution in [1.82, 2.24) is 15.3 Å². The Morgan fingerprint density at radius 2 is 1.89 bits per heavy atom. The highest BCUT2D eigenvalue weighted by Crippen LogP contribution is 2.21. The van der Waals surface area contributed by atoms with E-state index in [0.717, 1.165) is 22.0 Å². The molecule has 0 bridgehead atoms. The average Bonchev–Trinajstić information content (AvgIpc) is 3.15. The zero-order valence-electron chi connectivity index (χ0n) is 15.6. The molecule has 2 aromatic heterocycles. The van der Waals surface area contributed by atoms with Crippen LogP contribution in [0.4, 0.5) is 0 Å². The molecular weight excluding hydrogens is 356 g/mol. The Balaban J connectivity index is 1.51. The SMILES string of the molecule is CC(C)c1ccc(C(N)CNC(=O)Cc2csc(-c3ccccn3)n2)cc1. The monoisotopic (exact) mass is 380 g/mol. The molecule has 0 aliphatic rings. The summed E-state index contributed by atoms with van der Waals surface area (Å²) >= 11 is 1.49. The summed E-state index contributed by atoms with van der Waals surface area (Å²) in [5.74, 6) is 0.409. The lowest BCUT2D eigenvalue weighted by atomic mass is 9.99. The van der Waals surface area contributed by atoms with Gasteiger partial charge in [0, 0.05) is 24.2 Å². The smallest absolute Gasteiger partial charge is 0.226 e. The van der Waals surface area contributed by atoms with Gasteiger partial charge in [-0.2, -0.15) is 0 Å².